The van der Waals surface area contributed by atoms with Crippen molar-refractivity contribution < 1.29 is 9.59 Å². The summed E-state index contributed by atoms with van der Waals surface area (Å²) in [5.41, 5.74) is 1.82. The Kier molecular flexibility index (Phi) is 6.83. The van der Waals surface area contributed by atoms with Gasteiger partial charge in [0.15, 0.2) is 0 Å². The number of rotatable bonds is 4. The average Bonchev–Trinajstić information content (AvgIpc) is 3.12. The van der Waals surface area contributed by atoms with Crippen LogP contribution in [0.25, 0.3) is 0 Å². The first kappa shape index (κ1) is 20.0. The number of nitrogens with one attached hydrogen (secondary N) is 2. The van der Waals surface area contributed by atoms with E-state index in [1.54, 1.807) is 38.4 Å². The molecule has 0 radical (unpaired) electrons. The van der Waals surface area contributed by atoms with Crippen LogP contribution in [-0.2, 0) is 0 Å². The molecule has 0 atom stereocenters. The van der Waals surface area contributed by atoms with E-state index in [0.717, 1.165) is 25.9 Å². The summed E-state index contributed by atoms with van der Waals surface area (Å²) in [5.74, 6) is -0.243. The number of hydrogen-bond donors (Lipinski definition) is 2. The second-order valence-corrected chi connectivity index (χ2v) is 6.52. The lowest BCUT2D eigenvalue weighted by molar-refractivity contribution is 0.0827. The second-order valence-electron chi connectivity index (χ2n) is 6.52. The van der Waals surface area contributed by atoms with Gasteiger partial charge in [-0.2, -0.15) is 0 Å². The highest BCUT2D eigenvalue weighted by Gasteiger charge is 2.20. The maximum Gasteiger partial charge on any atom is 0.272 e. The van der Waals surface area contributed by atoms with Crippen LogP contribution in [0.2, 0.25) is 0 Å². The van der Waals surface area contributed by atoms with Crippen molar-refractivity contribution in [2.45, 2.75) is 18.9 Å². The zero-order valence-electron chi connectivity index (χ0n) is 15.1. The lowest BCUT2D eigenvalue weighted by atomic mass is 10.1. The van der Waals surface area contributed by atoms with Gasteiger partial charge in [0.1, 0.15) is 5.69 Å². The Morgan fingerprint density at radius 1 is 1.15 bits per heavy atom. The van der Waals surface area contributed by atoms with Crippen LogP contribution in [0.1, 0.15) is 39.7 Å². The number of piperidine rings is 1. The highest BCUT2D eigenvalue weighted by Crippen LogP contribution is 2.22. The molecule has 6 nitrogen and oxygen atoms in total. The number of halogens is 1. The SMILES string of the molecule is CN(C)C(=O)c1cccc(NC(=O)c2cccn2C2CCNCC2)c1.Cl. The molecule has 1 saturated heterocycles. The molecule has 1 aliphatic rings. The number of carbonyl (C=O) groups excluding carboxylic acids is 2. The lowest BCUT2D eigenvalue weighted by Crippen LogP contribution is -2.31. The van der Waals surface area contributed by atoms with Gasteiger partial charge in [0.05, 0.1) is 0 Å². The first-order valence-electron chi connectivity index (χ1n) is 8.57. The Hall–Kier alpha value is -2.31. The van der Waals surface area contributed by atoms with E-state index >= 15 is 0 Å². The minimum atomic E-state index is -0.155. The van der Waals surface area contributed by atoms with E-state index in [2.05, 4.69) is 15.2 Å². The quantitative estimate of drug-likeness (QED) is 0.862. The van der Waals surface area contributed by atoms with E-state index < -0.39 is 0 Å². The summed E-state index contributed by atoms with van der Waals surface area (Å²) in [4.78, 5) is 26.3. The van der Waals surface area contributed by atoms with Gasteiger partial charge in [-0.3, -0.25) is 9.59 Å². The van der Waals surface area contributed by atoms with Crippen molar-refractivity contribution in [1.82, 2.24) is 14.8 Å². The van der Waals surface area contributed by atoms with Crippen LogP contribution in [0.5, 0.6) is 0 Å². The van der Waals surface area contributed by atoms with Crippen LogP contribution in [-0.4, -0.2) is 48.5 Å². The second kappa shape index (κ2) is 8.87. The molecule has 140 valence electrons. The topological polar surface area (TPSA) is 66.4 Å². The standard InChI is InChI=1S/C19H24N4O2.ClH/c1-22(2)19(25)14-5-3-6-15(13-14)21-18(24)17-7-4-12-23(17)16-8-10-20-11-9-16;/h3-7,12-13,16,20H,8-11H2,1-2H3,(H,21,24);1H. The maximum absolute atomic E-state index is 12.7. The van der Waals surface area contributed by atoms with Gasteiger partial charge in [-0.05, 0) is 56.3 Å². The number of benzene rings is 1. The molecule has 0 saturated carbocycles. The van der Waals surface area contributed by atoms with Crippen LogP contribution < -0.4 is 10.6 Å². The largest absolute Gasteiger partial charge is 0.345 e. The highest BCUT2D eigenvalue weighted by atomic mass is 35.5. The normalized spacial score (nSPS) is 14.4. The number of aromatic nitrogens is 1. The Balaban J connectivity index is 0.00000243. The highest BCUT2D eigenvalue weighted by molar-refractivity contribution is 6.04. The molecule has 1 aliphatic heterocycles. The van der Waals surface area contributed by atoms with E-state index in [4.69, 9.17) is 0 Å². The zero-order valence-corrected chi connectivity index (χ0v) is 15.9. The summed E-state index contributed by atoms with van der Waals surface area (Å²) in [6, 6.07) is 11.1. The summed E-state index contributed by atoms with van der Waals surface area (Å²) in [7, 11) is 3.42. The number of carbonyl (C=O) groups is 2. The molecular formula is C19H25ClN4O2. The van der Waals surface area contributed by atoms with E-state index in [9.17, 15) is 9.59 Å². The summed E-state index contributed by atoms with van der Waals surface area (Å²) in [6.07, 6.45) is 4.00. The fourth-order valence-corrected chi connectivity index (χ4v) is 3.17. The third kappa shape index (κ3) is 4.45. The van der Waals surface area contributed by atoms with Gasteiger partial charge in [0.25, 0.3) is 11.8 Å². The number of hydrogen-bond acceptors (Lipinski definition) is 3. The lowest BCUT2D eigenvalue weighted by Gasteiger charge is -2.26. The van der Waals surface area contributed by atoms with Crippen LogP contribution in [0.3, 0.4) is 0 Å². The van der Waals surface area contributed by atoms with Gasteiger partial charge >= 0.3 is 0 Å². The van der Waals surface area contributed by atoms with E-state index in [1.807, 2.05) is 18.3 Å². The van der Waals surface area contributed by atoms with Gasteiger partial charge in [-0.25, -0.2) is 0 Å². The molecule has 1 aromatic carbocycles. The van der Waals surface area contributed by atoms with E-state index in [1.165, 1.54) is 4.90 Å². The molecule has 2 aromatic rings. The van der Waals surface area contributed by atoms with Crippen LogP contribution >= 0.6 is 12.4 Å². The van der Waals surface area contributed by atoms with Crippen molar-refractivity contribution in [3.05, 3.63) is 53.9 Å². The summed E-state index contributed by atoms with van der Waals surface area (Å²) >= 11 is 0. The summed E-state index contributed by atoms with van der Waals surface area (Å²) < 4.78 is 2.06. The smallest absolute Gasteiger partial charge is 0.272 e. The zero-order chi connectivity index (χ0) is 17.8. The van der Waals surface area contributed by atoms with Crippen LogP contribution in [0.4, 0.5) is 5.69 Å². The van der Waals surface area contributed by atoms with Crippen molar-refractivity contribution >= 4 is 29.9 Å². The van der Waals surface area contributed by atoms with Crippen molar-refractivity contribution in [1.29, 1.82) is 0 Å². The molecule has 26 heavy (non-hydrogen) atoms. The van der Waals surface area contributed by atoms with Gasteiger partial charge < -0.3 is 20.1 Å². The third-order valence-corrected chi connectivity index (χ3v) is 4.49. The van der Waals surface area contributed by atoms with Crippen LogP contribution in [0.15, 0.2) is 42.6 Å². The number of anilines is 1. The molecule has 1 fully saturated rings. The minimum absolute atomic E-state index is 0. The monoisotopic (exact) mass is 376 g/mol. The first-order chi connectivity index (χ1) is 12.1. The number of nitrogens with zero attached hydrogens (tertiary/aromatic N) is 2. The summed E-state index contributed by atoms with van der Waals surface area (Å²) in [5, 5.41) is 6.25. The van der Waals surface area contributed by atoms with Gasteiger partial charge in [-0.1, -0.05) is 6.07 Å². The van der Waals surface area contributed by atoms with Crippen molar-refractivity contribution in [3.8, 4) is 0 Å². The molecule has 0 bridgehead atoms. The fourth-order valence-electron chi connectivity index (χ4n) is 3.17. The molecule has 2 N–H and O–H groups in total. The van der Waals surface area contributed by atoms with E-state index in [-0.39, 0.29) is 24.2 Å². The molecule has 0 spiro atoms. The maximum atomic E-state index is 12.7. The Morgan fingerprint density at radius 2 is 1.88 bits per heavy atom. The molecule has 2 heterocycles. The Labute approximate surface area is 160 Å². The molecule has 1 aromatic heterocycles. The Morgan fingerprint density at radius 3 is 2.58 bits per heavy atom. The predicted octanol–water partition coefficient (Wildman–Crippen LogP) is 2.79. The molecule has 2 amide bonds. The molecule has 7 heteroatoms. The molecule has 3 rings (SSSR count). The first-order valence-corrected chi connectivity index (χ1v) is 8.57. The fraction of sp³-hybridized carbons (Fsp3) is 0.368. The Bertz CT molecular complexity index is 766. The average molecular weight is 377 g/mol. The number of amides is 2. The molecule has 0 unspecified atom stereocenters. The predicted molar refractivity (Wildman–Crippen MR) is 105 cm³/mol. The van der Waals surface area contributed by atoms with Gasteiger partial charge in [0, 0.05) is 37.6 Å². The van der Waals surface area contributed by atoms with Gasteiger partial charge in [0.2, 0.25) is 0 Å². The molecule has 0 aliphatic carbocycles. The third-order valence-electron chi connectivity index (χ3n) is 4.49. The van der Waals surface area contributed by atoms with E-state index in [0.29, 0.717) is 23.0 Å². The van der Waals surface area contributed by atoms with Gasteiger partial charge in [-0.15, -0.1) is 12.4 Å². The van der Waals surface area contributed by atoms with Crippen molar-refractivity contribution in [2.24, 2.45) is 0 Å². The minimum Gasteiger partial charge on any atom is -0.345 e. The van der Waals surface area contributed by atoms with Crippen molar-refractivity contribution in [2.75, 3.05) is 32.5 Å². The molecular weight excluding hydrogens is 352 g/mol. The van der Waals surface area contributed by atoms with Crippen molar-refractivity contribution in [3.63, 3.8) is 0 Å². The summed E-state index contributed by atoms with van der Waals surface area (Å²) in [6.45, 7) is 1.94. The van der Waals surface area contributed by atoms with Crippen LogP contribution in [0, 0.1) is 0 Å².